The normalized spacial score (nSPS) is 13.7. The lowest BCUT2D eigenvalue weighted by Crippen LogP contribution is -2.40. The smallest absolute Gasteiger partial charge is 0.410 e. The maximum Gasteiger partial charge on any atom is 0.410 e. The Bertz CT molecular complexity index is 1490. The monoisotopic (exact) mass is 472 g/mol. The summed E-state index contributed by atoms with van der Waals surface area (Å²) in [6.45, 7) is 8.52. The largest absolute Gasteiger partial charge is 0.444 e. The molecule has 0 fully saturated rings. The SMILES string of the molecule is Cc1ccc(-c2ccn(-c3ccc4c5c(n(C)c4n3)CCN(C(=O)OC(C)(C)C)C5)c(=O)c2)nn1. The fraction of sp³-hybridized carbons (Fsp3) is 0.346. The van der Waals surface area contributed by atoms with Crippen molar-refractivity contribution in [2.24, 2.45) is 7.05 Å². The predicted molar refractivity (Wildman–Crippen MR) is 132 cm³/mol. The highest BCUT2D eigenvalue weighted by atomic mass is 16.6. The Balaban J connectivity index is 1.48. The van der Waals surface area contributed by atoms with Crippen molar-refractivity contribution in [2.45, 2.75) is 46.3 Å². The second-order valence-corrected chi connectivity index (χ2v) is 9.86. The molecule has 0 spiro atoms. The Kier molecular flexibility index (Phi) is 5.42. The summed E-state index contributed by atoms with van der Waals surface area (Å²) in [4.78, 5) is 32.1. The average Bonchev–Trinajstić information content (AvgIpc) is 3.09. The number of carbonyl (C=O) groups excluding carboxylic acids is 1. The van der Waals surface area contributed by atoms with Crippen LogP contribution in [0.15, 0.2) is 47.4 Å². The molecule has 0 aliphatic carbocycles. The molecule has 0 N–H and O–H groups in total. The number of pyridine rings is 2. The predicted octanol–water partition coefficient (Wildman–Crippen LogP) is 3.78. The third-order valence-corrected chi connectivity index (χ3v) is 6.14. The molecule has 0 saturated heterocycles. The molecule has 9 heteroatoms. The van der Waals surface area contributed by atoms with Gasteiger partial charge < -0.3 is 14.2 Å². The second-order valence-electron chi connectivity index (χ2n) is 9.86. The number of carbonyl (C=O) groups is 1. The van der Waals surface area contributed by atoms with Crippen molar-refractivity contribution in [3.8, 4) is 17.1 Å². The summed E-state index contributed by atoms with van der Waals surface area (Å²) in [5.41, 5.74) is 4.42. The van der Waals surface area contributed by atoms with Gasteiger partial charge in [0.2, 0.25) is 0 Å². The molecular weight excluding hydrogens is 444 g/mol. The maximum absolute atomic E-state index is 12.9. The minimum Gasteiger partial charge on any atom is -0.444 e. The average molecular weight is 473 g/mol. The molecule has 9 nitrogen and oxygen atoms in total. The van der Waals surface area contributed by atoms with Gasteiger partial charge >= 0.3 is 6.09 Å². The second kappa shape index (κ2) is 8.33. The molecule has 0 radical (unpaired) electrons. The van der Waals surface area contributed by atoms with Crippen molar-refractivity contribution in [2.75, 3.05) is 6.54 Å². The number of fused-ring (bicyclic) bond motifs is 3. The third kappa shape index (κ3) is 4.29. The summed E-state index contributed by atoms with van der Waals surface area (Å²) in [5, 5.41) is 9.21. The zero-order valence-corrected chi connectivity index (χ0v) is 20.6. The van der Waals surface area contributed by atoms with E-state index in [0.717, 1.165) is 28.0 Å². The highest BCUT2D eigenvalue weighted by Crippen LogP contribution is 2.30. The van der Waals surface area contributed by atoms with Crippen molar-refractivity contribution in [1.82, 2.24) is 29.2 Å². The van der Waals surface area contributed by atoms with Gasteiger partial charge in [0.1, 0.15) is 17.1 Å². The van der Waals surface area contributed by atoms with Crippen LogP contribution in [0.3, 0.4) is 0 Å². The van der Waals surface area contributed by atoms with Gasteiger partial charge in [-0.2, -0.15) is 10.2 Å². The Morgan fingerprint density at radius 2 is 1.89 bits per heavy atom. The molecule has 0 bridgehead atoms. The van der Waals surface area contributed by atoms with Crippen LogP contribution >= 0.6 is 0 Å². The number of amides is 1. The van der Waals surface area contributed by atoms with Gasteiger partial charge in [-0.1, -0.05) is 0 Å². The molecule has 1 amide bonds. The molecule has 4 aromatic heterocycles. The van der Waals surface area contributed by atoms with Crippen molar-refractivity contribution in [3.63, 3.8) is 0 Å². The van der Waals surface area contributed by atoms with E-state index in [2.05, 4.69) is 14.8 Å². The number of aromatic nitrogens is 5. The summed E-state index contributed by atoms with van der Waals surface area (Å²) in [7, 11) is 1.98. The minimum absolute atomic E-state index is 0.202. The molecule has 180 valence electrons. The van der Waals surface area contributed by atoms with Crippen LogP contribution in [0.25, 0.3) is 28.1 Å². The number of ether oxygens (including phenoxy) is 1. The van der Waals surface area contributed by atoms with Gasteiger partial charge in [-0.15, -0.1) is 0 Å². The van der Waals surface area contributed by atoms with Gasteiger partial charge in [0.05, 0.1) is 17.9 Å². The van der Waals surface area contributed by atoms with Crippen molar-refractivity contribution >= 4 is 17.1 Å². The number of nitrogens with zero attached hydrogens (tertiary/aromatic N) is 6. The quantitative estimate of drug-likeness (QED) is 0.441. The summed E-state index contributed by atoms with van der Waals surface area (Å²) in [6, 6.07) is 10.9. The van der Waals surface area contributed by atoms with Gasteiger partial charge in [-0.25, -0.2) is 9.78 Å². The molecule has 35 heavy (non-hydrogen) atoms. The molecule has 1 aliphatic rings. The Morgan fingerprint density at radius 1 is 1.09 bits per heavy atom. The van der Waals surface area contributed by atoms with Gasteiger partial charge in [0, 0.05) is 54.5 Å². The lowest BCUT2D eigenvalue weighted by Gasteiger charge is -2.30. The van der Waals surface area contributed by atoms with Crippen LogP contribution in [0.4, 0.5) is 4.79 Å². The standard InChI is InChI=1S/C26H28N6O3/c1-16-6-8-20(29-28-16)17-10-13-32(23(33)14-17)22-9-7-18-19-15-31(25(34)35-26(2,3)4)12-11-21(19)30(5)24(18)27-22/h6-10,13-14H,11-12,15H2,1-5H3. The van der Waals surface area contributed by atoms with E-state index >= 15 is 0 Å². The van der Waals surface area contributed by atoms with Crippen LogP contribution in [0.5, 0.6) is 0 Å². The fourth-order valence-electron chi connectivity index (χ4n) is 4.42. The lowest BCUT2D eigenvalue weighted by atomic mass is 10.1. The van der Waals surface area contributed by atoms with E-state index in [4.69, 9.17) is 9.72 Å². The molecule has 5 heterocycles. The summed E-state index contributed by atoms with van der Waals surface area (Å²) >= 11 is 0. The number of rotatable bonds is 2. The first-order valence-corrected chi connectivity index (χ1v) is 11.6. The first-order chi connectivity index (χ1) is 16.6. The molecule has 0 atom stereocenters. The molecule has 0 saturated carbocycles. The molecule has 1 aliphatic heterocycles. The molecule has 4 aromatic rings. The van der Waals surface area contributed by atoms with Crippen LogP contribution in [0.1, 0.15) is 37.7 Å². The van der Waals surface area contributed by atoms with Crippen LogP contribution in [-0.2, 0) is 24.8 Å². The molecular formula is C26H28N6O3. The summed E-state index contributed by atoms with van der Waals surface area (Å²) in [6.07, 6.45) is 2.11. The minimum atomic E-state index is -0.540. The van der Waals surface area contributed by atoms with Crippen molar-refractivity contribution < 1.29 is 9.53 Å². The Morgan fingerprint density at radius 3 is 2.57 bits per heavy atom. The zero-order chi connectivity index (χ0) is 24.9. The fourth-order valence-corrected chi connectivity index (χ4v) is 4.42. The van der Waals surface area contributed by atoms with Crippen molar-refractivity contribution in [1.29, 1.82) is 0 Å². The van der Waals surface area contributed by atoms with Crippen molar-refractivity contribution in [3.05, 3.63) is 69.9 Å². The Labute approximate surface area is 203 Å². The number of hydrogen-bond acceptors (Lipinski definition) is 6. The Hall–Kier alpha value is -4.01. The van der Waals surface area contributed by atoms with E-state index in [0.29, 0.717) is 36.6 Å². The summed E-state index contributed by atoms with van der Waals surface area (Å²) in [5.74, 6) is 0.533. The van der Waals surface area contributed by atoms with E-state index < -0.39 is 5.60 Å². The van der Waals surface area contributed by atoms with Crippen LogP contribution < -0.4 is 5.56 Å². The van der Waals surface area contributed by atoms with Gasteiger partial charge in [0.15, 0.2) is 0 Å². The van der Waals surface area contributed by atoms with E-state index in [-0.39, 0.29) is 11.7 Å². The molecule has 5 rings (SSSR count). The third-order valence-electron chi connectivity index (χ3n) is 6.14. The van der Waals surface area contributed by atoms with Gasteiger partial charge in [-0.05, 0) is 58.0 Å². The first-order valence-electron chi connectivity index (χ1n) is 11.6. The topological polar surface area (TPSA) is 95.1 Å². The van der Waals surface area contributed by atoms with E-state index in [1.807, 2.05) is 65.1 Å². The van der Waals surface area contributed by atoms with Crippen LogP contribution in [0, 0.1) is 6.92 Å². The molecule has 0 aromatic carbocycles. The number of aryl methyl sites for hydroxylation is 2. The van der Waals surface area contributed by atoms with Gasteiger partial charge in [0.25, 0.3) is 5.56 Å². The maximum atomic E-state index is 12.9. The van der Waals surface area contributed by atoms with E-state index in [1.54, 1.807) is 17.2 Å². The van der Waals surface area contributed by atoms with E-state index in [1.165, 1.54) is 4.57 Å². The lowest BCUT2D eigenvalue weighted by molar-refractivity contribution is 0.0223. The highest BCUT2D eigenvalue weighted by Gasteiger charge is 2.29. The van der Waals surface area contributed by atoms with Gasteiger partial charge in [-0.3, -0.25) is 9.36 Å². The zero-order valence-electron chi connectivity index (χ0n) is 20.6. The molecule has 0 unspecified atom stereocenters. The highest BCUT2D eigenvalue weighted by molar-refractivity contribution is 5.84. The van der Waals surface area contributed by atoms with Crippen LogP contribution in [-0.4, -0.2) is 47.5 Å². The number of hydrogen-bond donors (Lipinski definition) is 0. The summed E-state index contributed by atoms with van der Waals surface area (Å²) < 4.78 is 9.14. The van der Waals surface area contributed by atoms with Crippen LogP contribution in [0.2, 0.25) is 0 Å². The first kappa shape index (κ1) is 22.8. The van der Waals surface area contributed by atoms with E-state index in [9.17, 15) is 9.59 Å².